The largest absolute Gasteiger partial charge is 0.480 e. The third-order valence-electron chi connectivity index (χ3n) is 2.96. The van der Waals surface area contributed by atoms with Gasteiger partial charge in [-0.05, 0) is 19.0 Å². The first-order valence-electron chi connectivity index (χ1n) is 6.82. The number of aliphatic carboxylic acids is 1. The molecule has 110 valence electrons. The summed E-state index contributed by atoms with van der Waals surface area (Å²) in [4.78, 5) is 23.0. The van der Waals surface area contributed by atoms with Crippen molar-refractivity contribution < 1.29 is 14.7 Å². The van der Waals surface area contributed by atoms with Crippen LogP contribution in [-0.2, 0) is 16.0 Å². The molecule has 0 spiro atoms. The third-order valence-corrected chi connectivity index (χ3v) is 2.96. The highest BCUT2D eigenvalue weighted by Gasteiger charge is 2.21. The van der Waals surface area contributed by atoms with Crippen LogP contribution in [-0.4, -0.2) is 35.6 Å². The molecule has 0 saturated carbocycles. The Balaban J connectivity index is 2.55. The molecule has 5 nitrogen and oxygen atoms in total. The van der Waals surface area contributed by atoms with Gasteiger partial charge in [0.25, 0.3) is 0 Å². The number of carboxylic acid groups (broad SMARTS) is 1. The smallest absolute Gasteiger partial charge is 0.326 e. The molecule has 3 N–H and O–H groups in total. The zero-order chi connectivity index (χ0) is 15.0. The average molecular weight is 278 g/mol. The van der Waals surface area contributed by atoms with Gasteiger partial charge in [-0.25, -0.2) is 4.79 Å². The highest BCUT2D eigenvalue weighted by molar-refractivity contribution is 5.84. The minimum absolute atomic E-state index is 0.0335. The Kier molecular flexibility index (Phi) is 6.73. The maximum atomic E-state index is 11.8. The molecule has 0 saturated heterocycles. The number of hydrogen-bond acceptors (Lipinski definition) is 3. The van der Waals surface area contributed by atoms with Gasteiger partial charge in [0, 0.05) is 18.9 Å². The van der Waals surface area contributed by atoms with Gasteiger partial charge in [0.2, 0.25) is 5.91 Å². The minimum atomic E-state index is -1.02. The van der Waals surface area contributed by atoms with Crippen LogP contribution in [0.1, 0.15) is 25.8 Å². The molecule has 0 heterocycles. The van der Waals surface area contributed by atoms with Crippen LogP contribution >= 0.6 is 0 Å². The second kappa shape index (κ2) is 8.32. The van der Waals surface area contributed by atoms with E-state index in [-0.39, 0.29) is 24.8 Å². The van der Waals surface area contributed by atoms with Crippen molar-refractivity contribution in [1.82, 2.24) is 10.6 Å². The van der Waals surface area contributed by atoms with E-state index in [2.05, 4.69) is 10.6 Å². The van der Waals surface area contributed by atoms with Gasteiger partial charge in [0.15, 0.2) is 0 Å². The fraction of sp³-hybridized carbons (Fsp3) is 0.467. The molecular formula is C15H22N2O3. The summed E-state index contributed by atoms with van der Waals surface area (Å²) in [6.45, 7) is 4.64. The number of carbonyl (C=O) groups excluding carboxylic acids is 1. The van der Waals surface area contributed by atoms with Crippen LogP contribution in [0.2, 0.25) is 0 Å². The molecule has 1 amide bonds. The quantitative estimate of drug-likeness (QED) is 0.667. The van der Waals surface area contributed by atoms with Gasteiger partial charge < -0.3 is 15.7 Å². The Morgan fingerprint density at radius 1 is 1.25 bits per heavy atom. The third kappa shape index (κ3) is 5.84. The van der Waals surface area contributed by atoms with Crippen molar-refractivity contribution in [1.29, 1.82) is 0 Å². The van der Waals surface area contributed by atoms with E-state index in [4.69, 9.17) is 0 Å². The van der Waals surface area contributed by atoms with Crippen molar-refractivity contribution in [3.05, 3.63) is 35.9 Å². The predicted octanol–water partition coefficient (Wildman–Crippen LogP) is 1.19. The number of carbonyl (C=O) groups is 2. The van der Waals surface area contributed by atoms with E-state index in [1.165, 1.54) is 0 Å². The molecule has 1 aromatic carbocycles. The summed E-state index contributed by atoms with van der Waals surface area (Å²) in [7, 11) is 0. The lowest BCUT2D eigenvalue weighted by atomic mass is 10.1. The van der Waals surface area contributed by atoms with E-state index < -0.39 is 12.0 Å². The summed E-state index contributed by atoms with van der Waals surface area (Å²) in [6, 6.07) is 8.42. The first-order valence-corrected chi connectivity index (χ1v) is 6.82. The Morgan fingerprint density at radius 3 is 2.45 bits per heavy atom. The zero-order valence-electron chi connectivity index (χ0n) is 11.9. The Hall–Kier alpha value is -1.88. The maximum absolute atomic E-state index is 11.8. The highest BCUT2D eigenvalue weighted by Crippen LogP contribution is 2.04. The summed E-state index contributed by atoms with van der Waals surface area (Å²) in [6.07, 6.45) is 0.559. The molecule has 1 aromatic rings. The number of rotatable bonds is 8. The van der Waals surface area contributed by atoms with E-state index in [0.29, 0.717) is 0 Å². The van der Waals surface area contributed by atoms with Crippen LogP contribution in [0.4, 0.5) is 0 Å². The van der Waals surface area contributed by atoms with Crippen molar-refractivity contribution in [2.24, 2.45) is 0 Å². The average Bonchev–Trinajstić information content (AvgIpc) is 2.39. The monoisotopic (exact) mass is 278 g/mol. The molecule has 0 aromatic heterocycles. The van der Waals surface area contributed by atoms with E-state index in [9.17, 15) is 14.7 Å². The van der Waals surface area contributed by atoms with E-state index in [1.54, 1.807) is 0 Å². The molecule has 2 atom stereocenters. The SMILES string of the molecule is CCNC(C)CC(=O)N[C@@H](Cc1ccccc1)C(=O)O. The van der Waals surface area contributed by atoms with E-state index in [0.717, 1.165) is 12.1 Å². The van der Waals surface area contributed by atoms with Crippen LogP contribution in [0.25, 0.3) is 0 Å². The lowest BCUT2D eigenvalue weighted by Gasteiger charge is -2.17. The molecule has 1 rings (SSSR count). The van der Waals surface area contributed by atoms with Crippen molar-refractivity contribution in [3.8, 4) is 0 Å². The van der Waals surface area contributed by atoms with Gasteiger partial charge in [-0.2, -0.15) is 0 Å². The van der Waals surface area contributed by atoms with Gasteiger partial charge in [-0.1, -0.05) is 37.3 Å². The number of carboxylic acids is 1. The standard InChI is InChI=1S/C15H22N2O3/c1-3-16-11(2)9-14(18)17-13(15(19)20)10-12-7-5-4-6-8-12/h4-8,11,13,16H,3,9-10H2,1-2H3,(H,17,18)(H,19,20)/t11?,13-/m0/s1. The molecule has 5 heteroatoms. The van der Waals surface area contributed by atoms with Crippen LogP contribution in [0, 0.1) is 0 Å². The molecule has 0 aliphatic carbocycles. The topological polar surface area (TPSA) is 78.4 Å². The lowest BCUT2D eigenvalue weighted by Crippen LogP contribution is -2.44. The molecule has 0 radical (unpaired) electrons. The summed E-state index contributed by atoms with van der Waals surface area (Å²) in [5.41, 5.74) is 0.889. The van der Waals surface area contributed by atoms with Crippen molar-refractivity contribution in [2.45, 2.75) is 38.8 Å². The Bertz CT molecular complexity index is 434. The molecule has 1 unspecified atom stereocenters. The zero-order valence-corrected chi connectivity index (χ0v) is 11.9. The van der Waals surface area contributed by atoms with E-state index in [1.807, 2.05) is 44.2 Å². The fourth-order valence-corrected chi connectivity index (χ4v) is 2.00. The van der Waals surface area contributed by atoms with Crippen molar-refractivity contribution in [3.63, 3.8) is 0 Å². The summed E-state index contributed by atoms with van der Waals surface area (Å²) in [5.74, 6) is -1.26. The maximum Gasteiger partial charge on any atom is 0.326 e. The van der Waals surface area contributed by atoms with Gasteiger partial charge in [-0.3, -0.25) is 4.79 Å². The molecule has 0 aliphatic heterocycles. The summed E-state index contributed by atoms with van der Waals surface area (Å²) in [5, 5.41) is 14.9. The number of nitrogens with one attached hydrogen (secondary N) is 2. The highest BCUT2D eigenvalue weighted by atomic mass is 16.4. The first kappa shape index (κ1) is 16.2. The Labute approximate surface area is 119 Å². The van der Waals surface area contributed by atoms with Crippen LogP contribution in [0.3, 0.4) is 0 Å². The second-order valence-corrected chi connectivity index (χ2v) is 4.81. The van der Waals surface area contributed by atoms with Gasteiger partial charge in [0.05, 0.1) is 0 Å². The number of amides is 1. The lowest BCUT2D eigenvalue weighted by molar-refractivity contribution is -0.141. The van der Waals surface area contributed by atoms with Gasteiger partial charge in [-0.15, -0.1) is 0 Å². The molecule has 20 heavy (non-hydrogen) atoms. The molecule has 0 bridgehead atoms. The normalized spacial score (nSPS) is 13.5. The second-order valence-electron chi connectivity index (χ2n) is 4.81. The number of benzene rings is 1. The van der Waals surface area contributed by atoms with Crippen molar-refractivity contribution >= 4 is 11.9 Å². The van der Waals surface area contributed by atoms with Crippen LogP contribution in [0.15, 0.2) is 30.3 Å². The first-order chi connectivity index (χ1) is 9.52. The van der Waals surface area contributed by atoms with Crippen LogP contribution in [0.5, 0.6) is 0 Å². The molecular weight excluding hydrogens is 256 g/mol. The van der Waals surface area contributed by atoms with Gasteiger partial charge in [0.1, 0.15) is 6.04 Å². The summed E-state index contributed by atoms with van der Waals surface area (Å²) < 4.78 is 0. The predicted molar refractivity (Wildman–Crippen MR) is 77.5 cm³/mol. The van der Waals surface area contributed by atoms with E-state index >= 15 is 0 Å². The van der Waals surface area contributed by atoms with Crippen molar-refractivity contribution in [2.75, 3.05) is 6.54 Å². The molecule has 0 fully saturated rings. The Morgan fingerprint density at radius 2 is 1.90 bits per heavy atom. The molecule has 0 aliphatic rings. The minimum Gasteiger partial charge on any atom is -0.480 e. The fourth-order valence-electron chi connectivity index (χ4n) is 2.00. The van der Waals surface area contributed by atoms with Crippen LogP contribution < -0.4 is 10.6 Å². The van der Waals surface area contributed by atoms with Gasteiger partial charge >= 0.3 is 5.97 Å². The summed E-state index contributed by atoms with van der Waals surface area (Å²) >= 11 is 0. The number of hydrogen-bond donors (Lipinski definition) is 3.